The highest BCUT2D eigenvalue weighted by Gasteiger charge is 2.45. The topological polar surface area (TPSA) is 74.7 Å². The van der Waals surface area contributed by atoms with Gasteiger partial charge in [0.15, 0.2) is 5.82 Å². The Labute approximate surface area is 255 Å². The van der Waals surface area contributed by atoms with Gasteiger partial charge in [-0.05, 0) is 80.6 Å². The Kier molecular flexibility index (Phi) is 7.19. The summed E-state index contributed by atoms with van der Waals surface area (Å²) in [5.41, 5.74) is 1.27. The van der Waals surface area contributed by atoms with E-state index in [1.807, 2.05) is 18.0 Å². The van der Waals surface area contributed by atoms with Crippen LogP contribution in [0, 0.1) is 18.6 Å². The molecule has 10 heteroatoms. The van der Waals surface area contributed by atoms with Crippen molar-refractivity contribution in [1.29, 1.82) is 0 Å². The number of hydrogen-bond acceptors (Lipinski definition) is 7. The third-order valence-corrected chi connectivity index (χ3v) is 9.98. The number of hydrogen-bond donors (Lipinski definition) is 0. The largest absolute Gasteiger partial charge is 0.461 e. The van der Waals surface area contributed by atoms with Gasteiger partial charge in [0.1, 0.15) is 29.5 Å². The number of likely N-dealkylation sites (N-methyl/N-ethyl adjacent to an activating group) is 1. The lowest BCUT2D eigenvalue weighted by Gasteiger charge is -2.31. The number of aryl methyl sites for hydroxylation is 1. The van der Waals surface area contributed by atoms with E-state index in [0.717, 1.165) is 45.2 Å². The van der Waals surface area contributed by atoms with Crippen molar-refractivity contribution in [3.8, 4) is 17.3 Å². The van der Waals surface area contributed by atoms with Crippen LogP contribution in [0.2, 0.25) is 0 Å². The highest BCUT2D eigenvalue weighted by molar-refractivity contribution is 6.00. The van der Waals surface area contributed by atoms with Crippen molar-refractivity contribution in [3.05, 3.63) is 66.4 Å². The van der Waals surface area contributed by atoms with Gasteiger partial charge in [-0.25, -0.2) is 8.78 Å². The molecule has 0 bridgehead atoms. The van der Waals surface area contributed by atoms with Gasteiger partial charge in [-0.3, -0.25) is 14.7 Å². The fourth-order valence-electron chi connectivity index (χ4n) is 7.45. The Morgan fingerprint density at radius 1 is 1.11 bits per heavy atom. The summed E-state index contributed by atoms with van der Waals surface area (Å²) in [7, 11) is 1.90. The fourth-order valence-corrected chi connectivity index (χ4v) is 7.45. The summed E-state index contributed by atoms with van der Waals surface area (Å²) in [4.78, 5) is 32.6. The molecule has 1 atom stereocenters. The van der Waals surface area contributed by atoms with E-state index in [0.29, 0.717) is 52.8 Å². The van der Waals surface area contributed by atoms with Crippen LogP contribution in [0.5, 0.6) is 6.01 Å². The molecule has 228 valence electrons. The first-order valence-electron chi connectivity index (χ1n) is 15.4. The van der Waals surface area contributed by atoms with E-state index in [4.69, 9.17) is 9.72 Å². The van der Waals surface area contributed by atoms with Gasteiger partial charge >= 0.3 is 6.01 Å². The second kappa shape index (κ2) is 11.1. The summed E-state index contributed by atoms with van der Waals surface area (Å²) >= 11 is 0. The van der Waals surface area contributed by atoms with Crippen molar-refractivity contribution in [2.45, 2.75) is 50.6 Å². The Hall–Kier alpha value is -4.18. The van der Waals surface area contributed by atoms with Crippen LogP contribution in [0.25, 0.3) is 32.9 Å². The van der Waals surface area contributed by atoms with Gasteiger partial charge in [-0.2, -0.15) is 9.97 Å². The molecule has 3 aliphatic rings. The molecule has 1 amide bonds. The van der Waals surface area contributed by atoms with E-state index < -0.39 is 5.82 Å². The zero-order valence-corrected chi connectivity index (χ0v) is 25.2. The van der Waals surface area contributed by atoms with E-state index in [1.54, 1.807) is 36.2 Å². The highest BCUT2D eigenvalue weighted by atomic mass is 19.1. The summed E-state index contributed by atoms with van der Waals surface area (Å²) in [6, 6.07) is 8.55. The van der Waals surface area contributed by atoms with Crippen molar-refractivity contribution >= 4 is 33.4 Å². The molecule has 0 saturated carbocycles. The molecule has 7 rings (SSSR count). The average molecular weight is 599 g/mol. The Balaban J connectivity index is 1.32. The number of amides is 1. The van der Waals surface area contributed by atoms with Crippen molar-refractivity contribution in [2.75, 3.05) is 44.7 Å². The number of rotatable bonds is 7. The first-order chi connectivity index (χ1) is 21.3. The summed E-state index contributed by atoms with van der Waals surface area (Å²) in [6.45, 7) is 9.01. The van der Waals surface area contributed by atoms with Crippen LogP contribution >= 0.6 is 0 Å². The first-order valence-corrected chi connectivity index (χ1v) is 15.4. The predicted octanol–water partition coefficient (Wildman–Crippen LogP) is 5.66. The third kappa shape index (κ3) is 4.67. The number of halogens is 2. The number of anilines is 1. The van der Waals surface area contributed by atoms with E-state index in [-0.39, 0.29) is 40.5 Å². The summed E-state index contributed by atoms with van der Waals surface area (Å²) in [5.74, 6) is -0.511. The summed E-state index contributed by atoms with van der Waals surface area (Å²) in [5, 5.41) is 1.87. The summed E-state index contributed by atoms with van der Waals surface area (Å²) < 4.78 is 37.4. The number of nitrogens with zero attached hydrogens (tertiary/aromatic N) is 6. The molecular formula is C34H36F2N6O2. The van der Waals surface area contributed by atoms with Gasteiger partial charge in [0.05, 0.1) is 10.9 Å². The average Bonchev–Trinajstić information content (AvgIpc) is 3.78. The standard InChI is InChI=1S/C34H36F2N6O2/c1-4-28(43)41-17-12-22(19-41)40(3)32-26-18-37-30(25-9-5-8-23-21(2)27(35)11-10-24(23)25)29(36)31(26)38-33(39-32)44-20-34-13-6-15-42(34)16-7-14-34/h4-5,8-11,18,22H,1,6-7,12-17,19-20H2,2-3H3. The normalized spacial score (nSPS) is 19.5. The number of carbonyl (C=O) groups is 1. The molecule has 0 N–H and O–H groups in total. The first kappa shape index (κ1) is 28.6. The minimum absolute atomic E-state index is 0.0284. The molecule has 2 aromatic heterocycles. The van der Waals surface area contributed by atoms with Crippen LogP contribution in [-0.2, 0) is 4.79 Å². The molecule has 5 heterocycles. The van der Waals surface area contributed by atoms with Gasteiger partial charge in [0.2, 0.25) is 5.91 Å². The second-order valence-electron chi connectivity index (χ2n) is 12.3. The molecule has 1 unspecified atom stereocenters. The minimum Gasteiger partial charge on any atom is -0.461 e. The van der Waals surface area contributed by atoms with Gasteiger partial charge in [-0.1, -0.05) is 30.8 Å². The number of aromatic nitrogens is 3. The van der Waals surface area contributed by atoms with E-state index >= 15 is 4.39 Å². The number of benzene rings is 2. The Morgan fingerprint density at radius 3 is 2.68 bits per heavy atom. The van der Waals surface area contributed by atoms with Gasteiger partial charge < -0.3 is 14.5 Å². The number of ether oxygens (including phenoxy) is 1. The van der Waals surface area contributed by atoms with Crippen molar-refractivity contribution in [2.24, 2.45) is 0 Å². The molecule has 3 aliphatic heterocycles. The molecule has 0 radical (unpaired) electrons. The number of pyridine rings is 1. The van der Waals surface area contributed by atoms with Crippen molar-refractivity contribution in [3.63, 3.8) is 0 Å². The molecule has 2 aromatic carbocycles. The van der Waals surface area contributed by atoms with Crippen LogP contribution < -0.4 is 9.64 Å². The lowest BCUT2D eigenvalue weighted by Crippen LogP contribution is -2.43. The van der Waals surface area contributed by atoms with Gasteiger partial charge in [0.25, 0.3) is 0 Å². The van der Waals surface area contributed by atoms with E-state index in [9.17, 15) is 9.18 Å². The molecule has 0 aliphatic carbocycles. The second-order valence-corrected chi connectivity index (χ2v) is 12.3. The quantitative estimate of drug-likeness (QED) is 0.254. The summed E-state index contributed by atoms with van der Waals surface area (Å²) in [6.07, 6.45) is 8.06. The number of fused-ring (bicyclic) bond motifs is 3. The lowest BCUT2D eigenvalue weighted by atomic mass is 9.95. The maximum atomic E-state index is 16.7. The lowest BCUT2D eigenvalue weighted by molar-refractivity contribution is -0.125. The van der Waals surface area contributed by atoms with Crippen molar-refractivity contribution in [1.82, 2.24) is 24.8 Å². The SMILES string of the molecule is C=CC(=O)N1CCC(N(C)c2nc(OCC34CCCN3CCC4)nc3c(F)c(-c4cccc5c(C)c(F)ccc45)ncc23)C1. The zero-order chi connectivity index (χ0) is 30.6. The smallest absolute Gasteiger partial charge is 0.319 e. The predicted molar refractivity (Wildman–Crippen MR) is 167 cm³/mol. The highest BCUT2D eigenvalue weighted by Crippen LogP contribution is 2.40. The van der Waals surface area contributed by atoms with Gasteiger partial charge in [-0.15, -0.1) is 0 Å². The van der Waals surface area contributed by atoms with Crippen LogP contribution in [0.4, 0.5) is 14.6 Å². The maximum absolute atomic E-state index is 16.7. The minimum atomic E-state index is -0.588. The fraction of sp³-hybridized carbons (Fsp3) is 0.412. The van der Waals surface area contributed by atoms with E-state index in [1.165, 1.54) is 12.1 Å². The molecule has 44 heavy (non-hydrogen) atoms. The molecule has 0 spiro atoms. The monoisotopic (exact) mass is 598 g/mol. The van der Waals surface area contributed by atoms with Crippen LogP contribution in [0.15, 0.2) is 49.2 Å². The molecule has 4 aromatic rings. The number of carbonyl (C=O) groups excluding carboxylic acids is 1. The van der Waals surface area contributed by atoms with Crippen molar-refractivity contribution < 1.29 is 18.3 Å². The Morgan fingerprint density at radius 2 is 1.91 bits per heavy atom. The zero-order valence-electron chi connectivity index (χ0n) is 25.2. The van der Waals surface area contributed by atoms with Crippen LogP contribution in [-0.4, -0.2) is 82.1 Å². The van der Waals surface area contributed by atoms with Crippen LogP contribution in [0.3, 0.4) is 0 Å². The molecule has 8 nitrogen and oxygen atoms in total. The molecule has 3 fully saturated rings. The molecular weight excluding hydrogens is 562 g/mol. The third-order valence-electron chi connectivity index (χ3n) is 9.98. The maximum Gasteiger partial charge on any atom is 0.319 e. The van der Waals surface area contributed by atoms with Crippen LogP contribution in [0.1, 0.15) is 37.7 Å². The molecule has 3 saturated heterocycles. The Bertz CT molecular complexity index is 1790. The van der Waals surface area contributed by atoms with Gasteiger partial charge in [0, 0.05) is 37.9 Å². The number of likely N-dealkylation sites (tertiary alicyclic amines) is 1. The van der Waals surface area contributed by atoms with E-state index in [2.05, 4.69) is 21.4 Å².